The van der Waals surface area contributed by atoms with Crippen LogP contribution in [-0.4, -0.2) is 52.8 Å². The fourth-order valence-corrected chi connectivity index (χ4v) is 4.82. The van der Waals surface area contributed by atoms with Crippen molar-refractivity contribution in [1.29, 1.82) is 0 Å². The Labute approximate surface area is 178 Å². The van der Waals surface area contributed by atoms with Gasteiger partial charge in [0.25, 0.3) is 0 Å². The summed E-state index contributed by atoms with van der Waals surface area (Å²) in [7, 11) is 0. The Morgan fingerprint density at radius 2 is 1.93 bits per heavy atom. The van der Waals surface area contributed by atoms with E-state index in [9.17, 15) is 14.0 Å². The number of nitrogens with one attached hydrogen (secondary N) is 1. The summed E-state index contributed by atoms with van der Waals surface area (Å²) in [5.41, 5.74) is 0.232. The first kappa shape index (κ1) is 22.2. The van der Waals surface area contributed by atoms with Crippen molar-refractivity contribution < 1.29 is 14.0 Å². The van der Waals surface area contributed by atoms with Crippen LogP contribution in [0, 0.1) is 5.82 Å². The average Bonchev–Trinajstić information content (AvgIpc) is 2.73. The van der Waals surface area contributed by atoms with Crippen LogP contribution in [0.4, 0.5) is 4.39 Å². The molecule has 5 nitrogen and oxygen atoms in total. The van der Waals surface area contributed by atoms with Crippen molar-refractivity contribution in [2.45, 2.75) is 56.7 Å². The second-order valence-corrected chi connectivity index (χ2v) is 8.29. The second-order valence-electron chi connectivity index (χ2n) is 8.29. The number of nitrogens with zero attached hydrogens (tertiary/aromatic N) is 2. The van der Waals surface area contributed by atoms with E-state index in [0.717, 1.165) is 19.3 Å². The lowest BCUT2D eigenvalue weighted by molar-refractivity contribution is -0.145. The highest BCUT2D eigenvalue weighted by Crippen LogP contribution is 2.36. The minimum Gasteiger partial charge on any atom is -0.353 e. The summed E-state index contributed by atoms with van der Waals surface area (Å²) >= 11 is 0. The number of hydrogen-bond acceptors (Lipinski definition) is 3. The van der Waals surface area contributed by atoms with Gasteiger partial charge in [-0.1, -0.05) is 30.4 Å². The number of piperidine rings is 1. The molecule has 2 saturated heterocycles. The third-order valence-corrected chi connectivity index (χ3v) is 6.34. The normalized spacial score (nSPS) is 21.7. The lowest BCUT2D eigenvalue weighted by Crippen LogP contribution is -2.59. The number of carbonyl (C=O) groups is 2. The topological polar surface area (TPSA) is 52.7 Å². The van der Waals surface area contributed by atoms with Gasteiger partial charge in [-0.2, -0.15) is 0 Å². The van der Waals surface area contributed by atoms with Crippen LogP contribution in [-0.2, 0) is 16.1 Å². The van der Waals surface area contributed by atoms with Crippen molar-refractivity contribution >= 4 is 11.8 Å². The lowest BCUT2D eigenvalue weighted by Gasteiger charge is -2.47. The van der Waals surface area contributed by atoms with Crippen LogP contribution in [0.1, 0.15) is 44.1 Å². The zero-order chi connectivity index (χ0) is 21.6. The molecule has 0 bridgehead atoms. The Morgan fingerprint density at radius 3 is 2.63 bits per heavy atom. The maximum Gasteiger partial charge on any atom is 0.237 e. The maximum atomic E-state index is 14.2. The van der Waals surface area contributed by atoms with Crippen molar-refractivity contribution in [2.24, 2.45) is 0 Å². The molecule has 0 unspecified atom stereocenters. The summed E-state index contributed by atoms with van der Waals surface area (Å²) in [5.74, 6) is -0.486. The van der Waals surface area contributed by atoms with Gasteiger partial charge in [0.1, 0.15) is 5.82 Å². The molecule has 2 aliphatic rings. The number of carbonyl (C=O) groups excluding carboxylic acids is 2. The predicted octanol–water partition coefficient (Wildman–Crippen LogP) is 3.42. The number of halogens is 1. The van der Waals surface area contributed by atoms with Gasteiger partial charge in [-0.3, -0.25) is 14.5 Å². The molecule has 1 atom stereocenters. The van der Waals surface area contributed by atoms with E-state index in [2.05, 4.69) is 18.5 Å². The molecular weight excluding hydrogens is 381 g/mol. The SMILES string of the molecule is C=CCC1(CC=C)CCCCN1C(=O)C[C@@H]1C(=O)NCCN1Cc1ccccc1F. The van der Waals surface area contributed by atoms with E-state index < -0.39 is 6.04 Å². The molecule has 1 aromatic carbocycles. The summed E-state index contributed by atoms with van der Waals surface area (Å²) in [6, 6.07) is 5.99. The van der Waals surface area contributed by atoms with Gasteiger partial charge in [-0.15, -0.1) is 13.2 Å². The molecule has 0 saturated carbocycles. The minimum absolute atomic E-state index is 0.0287. The molecule has 1 N–H and O–H groups in total. The molecular formula is C24H32FN3O2. The maximum absolute atomic E-state index is 14.2. The highest BCUT2D eigenvalue weighted by Gasteiger charge is 2.41. The number of piperazine rings is 1. The zero-order valence-electron chi connectivity index (χ0n) is 17.6. The summed E-state index contributed by atoms with van der Waals surface area (Å²) in [5, 5.41) is 2.86. The molecule has 2 fully saturated rings. The quantitative estimate of drug-likeness (QED) is 0.665. The van der Waals surface area contributed by atoms with Crippen LogP contribution in [0.2, 0.25) is 0 Å². The molecule has 162 valence electrons. The summed E-state index contributed by atoms with van der Waals surface area (Å²) in [6.45, 7) is 9.86. The number of hydrogen-bond donors (Lipinski definition) is 1. The van der Waals surface area contributed by atoms with E-state index >= 15 is 0 Å². The van der Waals surface area contributed by atoms with E-state index in [-0.39, 0.29) is 29.6 Å². The van der Waals surface area contributed by atoms with Crippen LogP contribution in [0.25, 0.3) is 0 Å². The first-order chi connectivity index (χ1) is 14.5. The molecule has 0 spiro atoms. The van der Waals surface area contributed by atoms with Gasteiger partial charge in [0.15, 0.2) is 0 Å². The summed E-state index contributed by atoms with van der Waals surface area (Å²) < 4.78 is 14.2. The Balaban J connectivity index is 1.79. The highest BCUT2D eigenvalue weighted by atomic mass is 19.1. The van der Waals surface area contributed by atoms with Gasteiger partial charge in [0.05, 0.1) is 12.5 Å². The van der Waals surface area contributed by atoms with E-state index in [1.165, 1.54) is 6.07 Å². The largest absolute Gasteiger partial charge is 0.353 e. The molecule has 3 rings (SSSR count). The van der Waals surface area contributed by atoms with E-state index in [4.69, 9.17) is 0 Å². The zero-order valence-corrected chi connectivity index (χ0v) is 17.6. The van der Waals surface area contributed by atoms with Crippen LogP contribution >= 0.6 is 0 Å². The van der Waals surface area contributed by atoms with E-state index in [1.54, 1.807) is 18.2 Å². The molecule has 30 heavy (non-hydrogen) atoms. The van der Waals surface area contributed by atoms with Crippen molar-refractivity contribution in [2.75, 3.05) is 19.6 Å². The van der Waals surface area contributed by atoms with Gasteiger partial charge in [0, 0.05) is 37.3 Å². The molecule has 0 radical (unpaired) electrons. The van der Waals surface area contributed by atoms with Gasteiger partial charge in [-0.05, 0) is 38.2 Å². The number of rotatable bonds is 8. The van der Waals surface area contributed by atoms with Crippen LogP contribution < -0.4 is 5.32 Å². The second kappa shape index (κ2) is 10.0. The van der Waals surface area contributed by atoms with Crippen LogP contribution in [0.3, 0.4) is 0 Å². The fourth-order valence-electron chi connectivity index (χ4n) is 4.82. The van der Waals surface area contributed by atoms with Crippen molar-refractivity contribution in [1.82, 2.24) is 15.1 Å². The average molecular weight is 414 g/mol. The molecule has 2 aliphatic heterocycles. The summed E-state index contributed by atoms with van der Waals surface area (Å²) in [6.07, 6.45) is 8.18. The molecule has 6 heteroatoms. The summed E-state index contributed by atoms with van der Waals surface area (Å²) in [4.78, 5) is 29.9. The Bertz CT molecular complexity index is 784. The van der Waals surface area contributed by atoms with Gasteiger partial charge < -0.3 is 10.2 Å². The first-order valence-corrected chi connectivity index (χ1v) is 10.8. The minimum atomic E-state index is -0.599. The van der Waals surface area contributed by atoms with Crippen molar-refractivity contribution in [3.63, 3.8) is 0 Å². The van der Waals surface area contributed by atoms with Gasteiger partial charge in [-0.25, -0.2) is 4.39 Å². The third-order valence-electron chi connectivity index (χ3n) is 6.34. The third kappa shape index (κ3) is 4.81. The smallest absolute Gasteiger partial charge is 0.237 e. The van der Waals surface area contributed by atoms with Crippen molar-refractivity contribution in [3.8, 4) is 0 Å². The Hall–Kier alpha value is -2.47. The molecule has 1 aromatic rings. The Kier molecular flexibility index (Phi) is 7.43. The fraction of sp³-hybridized carbons (Fsp3) is 0.500. The van der Waals surface area contributed by atoms with Crippen molar-refractivity contribution in [3.05, 3.63) is 61.0 Å². The molecule has 2 amide bonds. The van der Waals surface area contributed by atoms with Gasteiger partial charge >= 0.3 is 0 Å². The lowest BCUT2D eigenvalue weighted by atomic mass is 9.80. The Morgan fingerprint density at radius 1 is 1.20 bits per heavy atom. The van der Waals surface area contributed by atoms with Crippen LogP contribution in [0.15, 0.2) is 49.6 Å². The predicted molar refractivity (Wildman–Crippen MR) is 116 cm³/mol. The highest BCUT2D eigenvalue weighted by molar-refractivity contribution is 5.89. The molecule has 0 aromatic heterocycles. The van der Waals surface area contributed by atoms with Gasteiger partial charge in [0.2, 0.25) is 11.8 Å². The molecule has 2 heterocycles. The number of likely N-dealkylation sites (tertiary alicyclic amines) is 1. The van der Waals surface area contributed by atoms with Crippen LogP contribution in [0.5, 0.6) is 0 Å². The first-order valence-electron chi connectivity index (χ1n) is 10.8. The van der Waals surface area contributed by atoms with E-state index in [1.807, 2.05) is 22.0 Å². The standard InChI is InChI=1S/C24H32FN3O2/c1-3-11-24(12-4-2)13-7-8-15-28(24)22(29)17-21-23(30)26-14-16-27(21)18-19-9-5-6-10-20(19)25/h3-6,9-10,21H,1-2,7-8,11-18H2,(H,26,30)/t21-/m1/s1. The molecule has 0 aliphatic carbocycles. The monoisotopic (exact) mass is 413 g/mol. The number of amides is 2. The number of benzene rings is 1. The van der Waals surface area contributed by atoms with E-state index in [0.29, 0.717) is 44.6 Å².